The molecule has 12 heteroatoms. The summed E-state index contributed by atoms with van der Waals surface area (Å²) in [6.07, 6.45) is -2.85. The predicted molar refractivity (Wildman–Crippen MR) is 109 cm³/mol. The third kappa shape index (κ3) is 7.07. The highest BCUT2D eigenvalue weighted by molar-refractivity contribution is 7.90. The topological polar surface area (TPSA) is 129 Å². The number of hydrogen-bond acceptors (Lipinski definition) is 8. The van der Waals surface area contributed by atoms with Crippen molar-refractivity contribution in [3.05, 3.63) is 60.0 Å². The third-order valence-electron chi connectivity index (χ3n) is 3.94. The molecular weight excluding hydrogens is 449 g/mol. The quantitative estimate of drug-likeness (QED) is 0.582. The fourth-order valence-corrected chi connectivity index (χ4v) is 3.03. The molecule has 170 valence electrons. The van der Waals surface area contributed by atoms with Crippen LogP contribution in [0.1, 0.15) is 18.1 Å². The van der Waals surface area contributed by atoms with Gasteiger partial charge in [-0.3, -0.25) is 0 Å². The molecule has 0 saturated carbocycles. The number of aromatic nitrogens is 2. The summed E-state index contributed by atoms with van der Waals surface area (Å²) in [5.74, 6) is 0.370. The maximum absolute atomic E-state index is 12.6. The minimum absolute atomic E-state index is 0.142. The Hall–Kier alpha value is -3.43. The van der Waals surface area contributed by atoms with Crippen molar-refractivity contribution in [2.45, 2.75) is 24.1 Å². The van der Waals surface area contributed by atoms with Crippen molar-refractivity contribution in [3.63, 3.8) is 0 Å². The third-order valence-corrected chi connectivity index (χ3v) is 5.06. The van der Waals surface area contributed by atoms with Gasteiger partial charge in [0.15, 0.2) is 9.84 Å². The minimum atomic E-state index is -4.56. The van der Waals surface area contributed by atoms with Crippen LogP contribution < -0.4 is 5.32 Å². The molecule has 0 spiro atoms. The number of nitrogens with zero attached hydrogens (tertiary/aromatic N) is 3. The second-order valence-electron chi connectivity index (χ2n) is 6.64. The number of benzene rings is 2. The summed E-state index contributed by atoms with van der Waals surface area (Å²) < 4.78 is 65.1. The SMILES string of the molecule is CC(O)CNc1ccc(C#N)c(C(F)(F)F)c1.CS(=O)(=O)c1ccc(-c2nnco2)cc1. The Balaban J connectivity index is 0.000000228. The Morgan fingerprint density at radius 3 is 2.34 bits per heavy atom. The van der Waals surface area contributed by atoms with Crippen molar-refractivity contribution in [1.29, 1.82) is 5.26 Å². The monoisotopic (exact) mass is 468 g/mol. The highest BCUT2D eigenvalue weighted by Crippen LogP contribution is 2.33. The standard InChI is InChI=1S/C11H11F3N2O.C9H8N2O3S/c1-7(17)6-16-9-3-2-8(5-15)10(4-9)11(12,13)14;1-15(12,13)8-4-2-7(3-5-8)9-11-10-6-14-9/h2-4,7,16-17H,6H2,1H3;2-6H,1H3. The second kappa shape index (κ2) is 10.3. The molecule has 3 aromatic rings. The number of nitriles is 1. The van der Waals surface area contributed by atoms with E-state index in [9.17, 15) is 21.6 Å². The summed E-state index contributed by atoms with van der Waals surface area (Å²) in [5, 5.41) is 27.5. The predicted octanol–water partition coefficient (Wildman–Crippen LogP) is 3.51. The van der Waals surface area contributed by atoms with Gasteiger partial charge in [-0.15, -0.1) is 10.2 Å². The van der Waals surface area contributed by atoms with Gasteiger partial charge in [0.2, 0.25) is 12.3 Å². The van der Waals surface area contributed by atoms with E-state index in [0.29, 0.717) is 11.5 Å². The van der Waals surface area contributed by atoms with Crippen LogP contribution in [0.3, 0.4) is 0 Å². The number of hydrogen-bond donors (Lipinski definition) is 2. The molecule has 3 rings (SSSR count). The maximum Gasteiger partial charge on any atom is 0.417 e. The lowest BCUT2D eigenvalue weighted by molar-refractivity contribution is -0.137. The fraction of sp³-hybridized carbons (Fsp3) is 0.250. The lowest BCUT2D eigenvalue weighted by Gasteiger charge is -2.13. The number of alkyl halides is 3. The first-order valence-electron chi connectivity index (χ1n) is 9.01. The molecule has 1 aromatic heterocycles. The Morgan fingerprint density at radius 2 is 1.88 bits per heavy atom. The van der Waals surface area contributed by atoms with Crippen molar-refractivity contribution < 1.29 is 31.1 Å². The van der Waals surface area contributed by atoms with Crippen molar-refractivity contribution in [2.24, 2.45) is 0 Å². The molecule has 8 nitrogen and oxygen atoms in total. The Morgan fingerprint density at radius 1 is 1.22 bits per heavy atom. The number of aliphatic hydroxyl groups is 1. The smallest absolute Gasteiger partial charge is 0.417 e. The van der Waals surface area contributed by atoms with Gasteiger partial charge in [0, 0.05) is 24.1 Å². The summed E-state index contributed by atoms with van der Waals surface area (Å²) in [5.41, 5.74) is -0.479. The minimum Gasteiger partial charge on any atom is -0.423 e. The maximum atomic E-state index is 12.6. The van der Waals surface area contributed by atoms with Gasteiger partial charge in [-0.1, -0.05) is 0 Å². The average molecular weight is 468 g/mol. The lowest BCUT2D eigenvalue weighted by atomic mass is 10.1. The average Bonchev–Trinajstić information content (AvgIpc) is 3.26. The van der Waals surface area contributed by atoms with E-state index in [0.717, 1.165) is 18.4 Å². The van der Waals surface area contributed by atoms with E-state index in [1.165, 1.54) is 37.6 Å². The lowest BCUT2D eigenvalue weighted by Crippen LogP contribution is -2.16. The molecule has 0 radical (unpaired) electrons. The molecule has 1 unspecified atom stereocenters. The van der Waals surface area contributed by atoms with Crippen LogP contribution in [-0.4, -0.2) is 42.6 Å². The van der Waals surface area contributed by atoms with E-state index in [1.807, 2.05) is 0 Å². The second-order valence-corrected chi connectivity index (χ2v) is 8.66. The molecule has 2 N–H and O–H groups in total. The molecule has 0 aliphatic rings. The van der Waals surface area contributed by atoms with E-state index in [1.54, 1.807) is 12.1 Å². The largest absolute Gasteiger partial charge is 0.423 e. The van der Waals surface area contributed by atoms with Crippen LogP contribution in [0.2, 0.25) is 0 Å². The molecule has 0 aliphatic carbocycles. The van der Waals surface area contributed by atoms with Gasteiger partial charge in [0.05, 0.1) is 28.2 Å². The zero-order valence-corrected chi connectivity index (χ0v) is 17.8. The van der Waals surface area contributed by atoms with Crippen LogP contribution in [0.4, 0.5) is 18.9 Å². The number of anilines is 1. The van der Waals surface area contributed by atoms with Crippen molar-refractivity contribution >= 4 is 15.5 Å². The van der Waals surface area contributed by atoms with Crippen LogP contribution in [0.5, 0.6) is 0 Å². The van der Waals surface area contributed by atoms with Gasteiger partial charge in [0.25, 0.3) is 0 Å². The molecule has 0 fully saturated rings. The van der Waals surface area contributed by atoms with Gasteiger partial charge in [-0.2, -0.15) is 18.4 Å². The number of aliphatic hydroxyl groups excluding tert-OH is 1. The highest BCUT2D eigenvalue weighted by Gasteiger charge is 2.33. The first-order chi connectivity index (χ1) is 14.9. The molecule has 0 aliphatic heterocycles. The number of halogens is 3. The van der Waals surface area contributed by atoms with Gasteiger partial charge in [-0.05, 0) is 49.4 Å². The normalized spacial score (nSPS) is 12.3. The zero-order valence-electron chi connectivity index (χ0n) is 17.0. The molecule has 32 heavy (non-hydrogen) atoms. The van der Waals surface area contributed by atoms with Crippen LogP contribution in [0, 0.1) is 11.3 Å². The summed E-state index contributed by atoms with van der Waals surface area (Å²) in [4.78, 5) is 0.269. The first kappa shape index (κ1) is 24.8. The molecule has 1 heterocycles. The Kier molecular flexibility index (Phi) is 7.96. The summed E-state index contributed by atoms with van der Waals surface area (Å²) in [6, 6.07) is 11.1. The van der Waals surface area contributed by atoms with Crippen LogP contribution >= 0.6 is 0 Å². The number of sulfone groups is 1. The van der Waals surface area contributed by atoms with Gasteiger partial charge in [0.1, 0.15) is 0 Å². The van der Waals surface area contributed by atoms with Crippen molar-refractivity contribution in [3.8, 4) is 17.5 Å². The molecular formula is C20H19F3N4O4S. The Labute approximate surface area is 182 Å². The van der Waals surface area contributed by atoms with Gasteiger partial charge < -0.3 is 14.8 Å². The zero-order chi connectivity index (χ0) is 23.9. The molecule has 0 amide bonds. The highest BCUT2D eigenvalue weighted by atomic mass is 32.2. The summed E-state index contributed by atoms with van der Waals surface area (Å²) in [7, 11) is -3.16. The van der Waals surface area contributed by atoms with E-state index in [-0.39, 0.29) is 17.1 Å². The van der Waals surface area contributed by atoms with Crippen LogP contribution in [-0.2, 0) is 16.0 Å². The van der Waals surface area contributed by atoms with Gasteiger partial charge >= 0.3 is 6.18 Å². The number of rotatable bonds is 5. The fourth-order valence-electron chi connectivity index (χ4n) is 2.40. The van der Waals surface area contributed by atoms with Crippen molar-refractivity contribution in [1.82, 2.24) is 10.2 Å². The van der Waals surface area contributed by atoms with E-state index in [4.69, 9.17) is 14.8 Å². The molecule has 1 atom stereocenters. The van der Waals surface area contributed by atoms with E-state index in [2.05, 4.69) is 15.5 Å². The van der Waals surface area contributed by atoms with Crippen LogP contribution in [0.25, 0.3) is 11.5 Å². The number of nitrogens with one attached hydrogen (secondary N) is 1. The van der Waals surface area contributed by atoms with E-state index < -0.39 is 33.2 Å². The van der Waals surface area contributed by atoms with E-state index >= 15 is 0 Å². The van der Waals surface area contributed by atoms with Crippen LogP contribution in [0.15, 0.2) is 58.2 Å². The van der Waals surface area contributed by atoms with Crippen molar-refractivity contribution in [2.75, 3.05) is 18.1 Å². The molecule has 0 saturated heterocycles. The summed E-state index contributed by atoms with van der Waals surface area (Å²) in [6.45, 7) is 1.66. The molecule has 0 bridgehead atoms. The summed E-state index contributed by atoms with van der Waals surface area (Å²) >= 11 is 0. The van der Waals surface area contributed by atoms with Gasteiger partial charge in [-0.25, -0.2) is 8.42 Å². The Bertz CT molecular complexity index is 1170. The molecule has 2 aromatic carbocycles. The first-order valence-corrected chi connectivity index (χ1v) is 10.9.